The van der Waals surface area contributed by atoms with Crippen LogP contribution in [-0.4, -0.2) is 49.7 Å². The molecular weight excluding hydrogens is 216 g/mol. The topological polar surface area (TPSA) is 41.6 Å². The third-order valence-electron chi connectivity index (χ3n) is 3.96. The highest BCUT2D eigenvalue weighted by Gasteiger charge is 2.22. The molecule has 0 aromatic carbocycles. The van der Waals surface area contributed by atoms with E-state index in [1.54, 1.807) is 7.11 Å². The Morgan fingerprint density at radius 3 is 2.47 bits per heavy atom. The normalized spacial score (nSPS) is 24.1. The van der Waals surface area contributed by atoms with Crippen LogP contribution in [0.5, 0.6) is 0 Å². The van der Waals surface area contributed by atoms with E-state index in [1.165, 1.54) is 12.8 Å². The molecule has 1 N–H and O–H groups in total. The van der Waals surface area contributed by atoms with Crippen LogP contribution in [0.25, 0.3) is 0 Å². The third kappa shape index (κ3) is 3.96. The SMILES string of the molecule is COC1CCN(CC(=O)NC2CCCC2)CC1. The quantitative estimate of drug-likeness (QED) is 0.801. The average Bonchev–Trinajstić information content (AvgIpc) is 2.82. The van der Waals surface area contributed by atoms with Gasteiger partial charge in [0.2, 0.25) is 5.91 Å². The number of piperidine rings is 1. The first-order valence-electron chi connectivity index (χ1n) is 6.82. The van der Waals surface area contributed by atoms with Crippen molar-refractivity contribution in [3.8, 4) is 0 Å². The molecule has 0 aromatic heterocycles. The smallest absolute Gasteiger partial charge is 0.234 e. The van der Waals surface area contributed by atoms with E-state index in [4.69, 9.17) is 4.74 Å². The Labute approximate surface area is 104 Å². The minimum Gasteiger partial charge on any atom is -0.381 e. The third-order valence-corrected chi connectivity index (χ3v) is 3.96. The predicted octanol–water partition coefficient (Wildman–Crippen LogP) is 1.16. The van der Waals surface area contributed by atoms with Crippen molar-refractivity contribution in [3.63, 3.8) is 0 Å². The van der Waals surface area contributed by atoms with Gasteiger partial charge in [0, 0.05) is 26.2 Å². The summed E-state index contributed by atoms with van der Waals surface area (Å²) in [5.41, 5.74) is 0. The van der Waals surface area contributed by atoms with E-state index in [0.29, 0.717) is 18.7 Å². The van der Waals surface area contributed by atoms with Gasteiger partial charge in [-0.25, -0.2) is 0 Å². The van der Waals surface area contributed by atoms with Crippen LogP contribution >= 0.6 is 0 Å². The van der Waals surface area contributed by atoms with Gasteiger partial charge in [-0.3, -0.25) is 9.69 Å². The number of carbonyl (C=O) groups is 1. The lowest BCUT2D eigenvalue weighted by Gasteiger charge is -2.30. The fourth-order valence-electron chi connectivity index (χ4n) is 2.85. The summed E-state index contributed by atoms with van der Waals surface area (Å²) in [5, 5.41) is 3.14. The largest absolute Gasteiger partial charge is 0.381 e. The van der Waals surface area contributed by atoms with E-state index >= 15 is 0 Å². The van der Waals surface area contributed by atoms with Crippen molar-refractivity contribution in [1.29, 1.82) is 0 Å². The second-order valence-corrected chi connectivity index (χ2v) is 5.26. The van der Waals surface area contributed by atoms with Gasteiger partial charge in [-0.05, 0) is 25.7 Å². The number of hydrogen-bond donors (Lipinski definition) is 1. The number of hydrogen-bond acceptors (Lipinski definition) is 3. The molecule has 1 saturated heterocycles. The van der Waals surface area contributed by atoms with E-state index in [-0.39, 0.29) is 5.91 Å². The van der Waals surface area contributed by atoms with Crippen molar-refractivity contribution in [2.75, 3.05) is 26.7 Å². The lowest BCUT2D eigenvalue weighted by Crippen LogP contribution is -2.45. The summed E-state index contributed by atoms with van der Waals surface area (Å²) in [5.74, 6) is 0.202. The molecule has 0 unspecified atom stereocenters. The highest BCUT2D eigenvalue weighted by atomic mass is 16.5. The van der Waals surface area contributed by atoms with Gasteiger partial charge in [-0.15, -0.1) is 0 Å². The van der Waals surface area contributed by atoms with Crippen LogP contribution in [0.4, 0.5) is 0 Å². The molecule has 0 bridgehead atoms. The first kappa shape index (κ1) is 12.8. The molecule has 2 rings (SSSR count). The van der Waals surface area contributed by atoms with Crippen molar-refractivity contribution in [1.82, 2.24) is 10.2 Å². The highest BCUT2D eigenvalue weighted by Crippen LogP contribution is 2.17. The maximum Gasteiger partial charge on any atom is 0.234 e. The maximum atomic E-state index is 11.8. The number of methoxy groups -OCH3 is 1. The number of likely N-dealkylation sites (tertiary alicyclic amines) is 1. The molecule has 2 fully saturated rings. The van der Waals surface area contributed by atoms with Gasteiger partial charge in [0.1, 0.15) is 0 Å². The molecule has 1 amide bonds. The lowest BCUT2D eigenvalue weighted by atomic mass is 10.1. The minimum atomic E-state index is 0.202. The Kier molecular flexibility index (Phi) is 4.80. The van der Waals surface area contributed by atoms with Crippen LogP contribution in [0.3, 0.4) is 0 Å². The summed E-state index contributed by atoms with van der Waals surface area (Å²) >= 11 is 0. The molecular formula is C13H24N2O2. The second-order valence-electron chi connectivity index (χ2n) is 5.26. The molecule has 0 aromatic rings. The molecule has 1 heterocycles. The van der Waals surface area contributed by atoms with Crippen LogP contribution in [0.15, 0.2) is 0 Å². The number of rotatable bonds is 4. The van der Waals surface area contributed by atoms with Crippen LogP contribution in [-0.2, 0) is 9.53 Å². The zero-order valence-electron chi connectivity index (χ0n) is 10.8. The standard InChI is InChI=1S/C13H24N2O2/c1-17-12-6-8-15(9-7-12)10-13(16)14-11-4-2-3-5-11/h11-12H,2-10H2,1H3,(H,14,16). The van der Waals surface area contributed by atoms with Gasteiger partial charge in [0.15, 0.2) is 0 Å². The number of nitrogens with one attached hydrogen (secondary N) is 1. The average molecular weight is 240 g/mol. The molecule has 0 spiro atoms. The molecule has 1 saturated carbocycles. The highest BCUT2D eigenvalue weighted by molar-refractivity contribution is 5.78. The van der Waals surface area contributed by atoms with Gasteiger partial charge >= 0.3 is 0 Å². The fraction of sp³-hybridized carbons (Fsp3) is 0.923. The van der Waals surface area contributed by atoms with E-state index in [1.807, 2.05) is 0 Å². The van der Waals surface area contributed by atoms with Gasteiger partial charge in [-0.1, -0.05) is 12.8 Å². The molecule has 0 atom stereocenters. The lowest BCUT2D eigenvalue weighted by molar-refractivity contribution is -0.123. The number of amides is 1. The van der Waals surface area contributed by atoms with Crippen molar-refractivity contribution in [2.24, 2.45) is 0 Å². The van der Waals surface area contributed by atoms with Crippen molar-refractivity contribution in [2.45, 2.75) is 50.7 Å². The Bertz CT molecular complexity index is 244. The van der Waals surface area contributed by atoms with E-state index in [0.717, 1.165) is 38.8 Å². The predicted molar refractivity (Wildman–Crippen MR) is 66.9 cm³/mol. The zero-order chi connectivity index (χ0) is 12.1. The summed E-state index contributed by atoms with van der Waals surface area (Å²) in [6, 6.07) is 0.444. The zero-order valence-corrected chi connectivity index (χ0v) is 10.8. The maximum absolute atomic E-state index is 11.8. The van der Waals surface area contributed by atoms with Gasteiger partial charge in [-0.2, -0.15) is 0 Å². The summed E-state index contributed by atoms with van der Waals surface area (Å²) in [7, 11) is 1.77. The Hall–Kier alpha value is -0.610. The Morgan fingerprint density at radius 2 is 1.88 bits per heavy atom. The fourth-order valence-corrected chi connectivity index (χ4v) is 2.85. The molecule has 1 aliphatic heterocycles. The molecule has 98 valence electrons. The number of nitrogens with zero attached hydrogens (tertiary/aromatic N) is 1. The van der Waals surface area contributed by atoms with Crippen LogP contribution in [0.2, 0.25) is 0 Å². The van der Waals surface area contributed by atoms with Crippen LogP contribution in [0, 0.1) is 0 Å². The molecule has 4 nitrogen and oxygen atoms in total. The Balaban J connectivity index is 1.65. The summed E-state index contributed by atoms with van der Waals surface area (Å²) in [6.07, 6.45) is 7.35. The molecule has 1 aliphatic carbocycles. The van der Waals surface area contributed by atoms with Crippen molar-refractivity contribution in [3.05, 3.63) is 0 Å². The summed E-state index contributed by atoms with van der Waals surface area (Å²) in [4.78, 5) is 14.1. The van der Waals surface area contributed by atoms with Crippen LogP contribution in [0.1, 0.15) is 38.5 Å². The molecule has 2 aliphatic rings. The van der Waals surface area contributed by atoms with E-state index < -0.39 is 0 Å². The number of ether oxygens (including phenoxy) is 1. The first-order valence-corrected chi connectivity index (χ1v) is 6.82. The molecule has 4 heteroatoms. The van der Waals surface area contributed by atoms with E-state index in [9.17, 15) is 4.79 Å². The van der Waals surface area contributed by atoms with Crippen molar-refractivity contribution < 1.29 is 9.53 Å². The van der Waals surface area contributed by atoms with Gasteiger partial charge in [0.05, 0.1) is 12.6 Å². The number of carbonyl (C=O) groups excluding carboxylic acids is 1. The summed E-state index contributed by atoms with van der Waals surface area (Å²) < 4.78 is 5.32. The van der Waals surface area contributed by atoms with Gasteiger partial charge < -0.3 is 10.1 Å². The van der Waals surface area contributed by atoms with Crippen LogP contribution < -0.4 is 5.32 Å². The molecule has 0 radical (unpaired) electrons. The summed E-state index contributed by atoms with van der Waals surface area (Å²) in [6.45, 7) is 2.53. The monoisotopic (exact) mass is 240 g/mol. The van der Waals surface area contributed by atoms with E-state index in [2.05, 4.69) is 10.2 Å². The molecule has 17 heavy (non-hydrogen) atoms. The second kappa shape index (κ2) is 6.36. The first-order chi connectivity index (χ1) is 8.28. The van der Waals surface area contributed by atoms with Gasteiger partial charge in [0.25, 0.3) is 0 Å². The Morgan fingerprint density at radius 1 is 1.24 bits per heavy atom. The van der Waals surface area contributed by atoms with Crippen molar-refractivity contribution >= 4 is 5.91 Å². The minimum absolute atomic E-state index is 0.202.